The summed E-state index contributed by atoms with van der Waals surface area (Å²) in [6.07, 6.45) is 4.79. The average molecular weight is 403 g/mol. The molecule has 0 amide bonds. The van der Waals surface area contributed by atoms with Gasteiger partial charge in [-0.25, -0.2) is 0 Å². The molecular formula is C22H24F2N2OS. The highest BCUT2D eigenvalue weighted by Gasteiger charge is 2.27. The number of aromatic amines is 1. The maximum Gasteiger partial charge on any atom is 0.387 e. The van der Waals surface area contributed by atoms with Gasteiger partial charge in [-0.15, -0.1) is 11.8 Å². The minimum absolute atomic E-state index is 0.249. The Bertz CT molecular complexity index is 970. The Labute approximate surface area is 168 Å². The molecule has 2 aromatic carbocycles. The van der Waals surface area contributed by atoms with Gasteiger partial charge in [0.15, 0.2) is 0 Å². The van der Waals surface area contributed by atoms with Gasteiger partial charge >= 0.3 is 6.61 Å². The number of thioether (sulfide) groups is 1. The van der Waals surface area contributed by atoms with Gasteiger partial charge in [-0.1, -0.05) is 18.2 Å². The highest BCUT2D eigenvalue weighted by Crippen LogP contribution is 2.49. The standard InChI is InChI=1S/C22H24F2N2OS/c1-26(2)12-11-14-13-25-17-6-4-8-20(21(14)17)28-19-10-9-15-16(19)5-3-7-18(15)27-22(23)24/h3-8,13,19,22,25H,9-12H2,1-2H3. The molecule has 28 heavy (non-hydrogen) atoms. The lowest BCUT2D eigenvalue weighted by Crippen LogP contribution is -2.14. The summed E-state index contributed by atoms with van der Waals surface area (Å²) < 4.78 is 30.2. The third kappa shape index (κ3) is 3.89. The van der Waals surface area contributed by atoms with Gasteiger partial charge in [0.25, 0.3) is 0 Å². The Balaban J connectivity index is 1.63. The number of hydrogen-bond acceptors (Lipinski definition) is 3. The lowest BCUT2D eigenvalue weighted by Gasteiger charge is -2.15. The van der Waals surface area contributed by atoms with Gasteiger partial charge in [-0.2, -0.15) is 8.78 Å². The van der Waals surface area contributed by atoms with Crippen LogP contribution in [0.1, 0.15) is 28.4 Å². The molecule has 0 spiro atoms. The quantitative estimate of drug-likeness (QED) is 0.553. The molecule has 0 aliphatic heterocycles. The van der Waals surface area contributed by atoms with Crippen LogP contribution in [0.2, 0.25) is 0 Å². The Morgan fingerprint density at radius 1 is 1.21 bits per heavy atom. The van der Waals surface area contributed by atoms with Crippen molar-refractivity contribution < 1.29 is 13.5 Å². The van der Waals surface area contributed by atoms with E-state index in [2.05, 4.69) is 48.4 Å². The Morgan fingerprint density at radius 2 is 2.04 bits per heavy atom. The molecule has 6 heteroatoms. The average Bonchev–Trinajstić information content (AvgIpc) is 3.25. The number of benzene rings is 2. The zero-order valence-corrected chi connectivity index (χ0v) is 16.9. The predicted octanol–water partition coefficient (Wildman–Crippen LogP) is 5.65. The second-order valence-corrected chi connectivity index (χ2v) is 8.64. The van der Waals surface area contributed by atoms with Crippen molar-refractivity contribution in [3.8, 4) is 5.75 Å². The molecule has 3 nitrogen and oxygen atoms in total. The number of alkyl halides is 2. The summed E-state index contributed by atoms with van der Waals surface area (Å²) in [5.74, 6) is 0.321. The first-order valence-electron chi connectivity index (χ1n) is 9.50. The monoisotopic (exact) mass is 402 g/mol. The van der Waals surface area contributed by atoms with Crippen LogP contribution in [-0.2, 0) is 12.8 Å². The molecule has 1 atom stereocenters. The molecule has 1 unspecified atom stereocenters. The zero-order valence-electron chi connectivity index (χ0n) is 16.0. The SMILES string of the molecule is CN(C)CCc1c[nH]c2cccc(SC3CCc4c(OC(F)F)cccc43)c12. The molecule has 0 radical (unpaired) electrons. The molecule has 1 aliphatic rings. The number of aromatic nitrogens is 1. The van der Waals surface area contributed by atoms with Crippen LogP contribution in [0, 0.1) is 0 Å². The summed E-state index contributed by atoms with van der Waals surface area (Å²) in [7, 11) is 4.16. The van der Waals surface area contributed by atoms with E-state index in [-0.39, 0.29) is 5.25 Å². The summed E-state index contributed by atoms with van der Waals surface area (Å²) in [6.45, 7) is -1.79. The van der Waals surface area contributed by atoms with E-state index in [1.54, 1.807) is 6.07 Å². The first kappa shape index (κ1) is 19.3. The van der Waals surface area contributed by atoms with Crippen molar-refractivity contribution in [3.05, 3.63) is 59.3 Å². The van der Waals surface area contributed by atoms with E-state index in [9.17, 15) is 8.78 Å². The molecule has 1 heterocycles. The first-order valence-corrected chi connectivity index (χ1v) is 10.4. The van der Waals surface area contributed by atoms with E-state index in [0.717, 1.165) is 42.5 Å². The minimum Gasteiger partial charge on any atom is -0.435 e. The van der Waals surface area contributed by atoms with Crippen LogP contribution >= 0.6 is 11.8 Å². The highest BCUT2D eigenvalue weighted by atomic mass is 32.2. The number of likely N-dealkylation sites (N-methyl/N-ethyl adjacent to an activating group) is 1. The van der Waals surface area contributed by atoms with Gasteiger partial charge in [0.05, 0.1) is 0 Å². The molecule has 0 bridgehead atoms. The summed E-state index contributed by atoms with van der Waals surface area (Å²) >= 11 is 1.83. The fourth-order valence-corrected chi connectivity index (χ4v) is 5.33. The zero-order chi connectivity index (χ0) is 19.7. The summed E-state index contributed by atoms with van der Waals surface area (Å²) in [6, 6.07) is 11.8. The fraction of sp³-hybridized carbons (Fsp3) is 0.364. The number of halogens is 2. The van der Waals surface area contributed by atoms with Crippen LogP contribution in [0.4, 0.5) is 8.78 Å². The van der Waals surface area contributed by atoms with Crippen LogP contribution in [0.3, 0.4) is 0 Å². The maximum absolute atomic E-state index is 12.7. The predicted molar refractivity (Wildman–Crippen MR) is 111 cm³/mol. The van der Waals surface area contributed by atoms with Gasteiger partial charge in [0.2, 0.25) is 0 Å². The molecule has 0 saturated heterocycles. The van der Waals surface area contributed by atoms with E-state index in [4.69, 9.17) is 4.74 Å². The first-order chi connectivity index (χ1) is 13.5. The number of H-pyrrole nitrogens is 1. The van der Waals surface area contributed by atoms with Gasteiger partial charge in [-0.3, -0.25) is 0 Å². The number of fused-ring (bicyclic) bond motifs is 2. The lowest BCUT2D eigenvalue weighted by molar-refractivity contribution is -0.0503. The van der Waals surface area contributed by atoms with E-state index < -0.39 is 6.61 Å². The number of ether oxygens (including phenoxy) is 1. The molecule has 1 N–H and O–H groups in total. The number of nitrogens with zero attached hydrogens (tertiary/aromatic N) is 1. The van der Waals surface area contributed by atoms with Crippen molar-refractivity contribution in [3.63, 3.8) is 0 Å². The summed E-state index contributed by atoms with van der Waals surface area (Å²) in [5, 5.41) is 1.53. The number of nitrogens with one attached hydrogen (secondary N) is 1. The van der Waals surface area contributed by atoms with E-state index in [0.29, 0.717) is 5.75 Å². The molecule has 4 rings (SSSR count). The van der Waals surface area contributed by atoms with Gasteiger partial charge in [0, 0.05) is 33.8 Å². The van der Waals surface area contributed by atoms with Crippen LogP contribution in [0.15, 0.2) is 47.5 Å². The van der Waals surface area contributed by atoms with Gasteiger partial charge in [0.1, 0.15) is 5.75 Å². The van der Waals surface area contributed by atoms with Gasteiger partial charge in [-0.05, 0) is 68.2 Å². The van der Waals surface area contributed by atoms with Gasteiger partial charge < -0.3 is 14.6 Å². The normalized spacial score (nSPS) is 16.3. The lowest BCUT2D eigenvalue weighted by atomic mass is 10.1. The molecule has 0 saturated carbocycles. The molecule has 3 aromatic rings. The second-order valence-electron chi connectivity index (χ2n) is 7.39. The molecular weight excluding hydrogens is 378 g/mol. The highest BCUT2D eigenvalue weighted by molar-refractivity contribution is 7.99. The Morgan fingerprint density at radius 3 is 2.82 bits per heavy atom. The van der Waals surface area contributed by atoms with Crippen molar-refractivity contribution in [2.75, 3.05) is 20.6 Å². The third-order valence-electron chi connectivity index (χ3n) is 5.24. The third-order valence-corrected chi connectivity index (χ3v) is 6.60. The molecule has 1 aliphatic carbocycles. The Kier molecular flexibility index (Phi) is 5.60. The van der Waals surface area contributed by atoms with Crippen molar-refractivity contribution in [2.45, 2.75) is 36.0 Å². The Hall–Kier alpha value is -2.05. The van der Waals surface area contributed by atoms with Crippen LogP contribution in [0.25, 0.3) is 10.9 Å². The minimum atomic E-state index is -2.79. The van der Waals surface area contributed by atoms with Crippen molar-refractivity contribution in [1.29, 1.82) is 0 Å². The van der Waals surface area contributed by atoms with Crippen LogP contribution in [0.5, 0.6) is 5.75 Å². The fourth-order valence-electron chi connectivity index (χ4n) is 3.92. The largest absolute Gasteiger partial charge is 0.435 e. The topological polar surface area (TPSA) is 28.3 Å². The number of rotatable bonds is 7. The van der Waals surface area contributed by atoms with Crippen molar-refractivity contribution in [1.82, 2.24) is 9.88 Å². The molecule has 148 valence electrons. The van der Waals surface area contributed by atoms with Crippen molar-refractivity contribution >= 4 is 22.7 Å². The summed E-state index contributed by atoms with van der Waals surface area (Å²) in [5.41, 5.74) is 4.51. The maximum atomic E-state index is 12.7. The van der Waals surface area contributed by atoms with Crippen LogP contribution in [-0.4, -0.2) is 37.1 Å². The van der Waals surface area contributed by atoms with E-state index in [1.807, 2.05) is 23.9 Å². The van der Waals surface area contributed by atoms with E-state index >= 15 is 0 Å². The smallest absolute Gasteiger partial charge is 0.387 e. The molecule has 0 fully saturated rings. The van der Waals surface area contributed by atoms with Crippen LogP contribution < -0.4 is 4.74 Å². The summed E-state index contributed by atoms with van der Waals surface area (Å²) in [4.78, 5) is 6.82. The van der Waals surface area contributed by atoms with Crippen molar-refractivity contribution in [2.24, 2.45) is 0 Å². The molecule has 1 aromatic heterocycles. The second kappa shape index (κ2) is 8.13. The number of hydrogen-bond donors (Lipinski definition) is 1. The van der Waals surface area contributed by atoms with E-state index in [1.165, 1.54) is 15.8 Å².